The summed E-state index contributed by atoms with van der Waals surface area (Å²) < 4.78 is 0.846. The first-order valence-electron chi connectivity index (χ1n) is 4.24. The number of fused-ring (bicyclic) bond motifs is 1. The lowest BCUT2D eigenvalue weighted by Crippen LogP contribution is -2.31. The lowest BCUT2D eigenvalue weighted by molar-refractivity contribution is 0.0694. The fourth-order valence-electron chi connectivity index (χ4n) is 1.44. The van der Waals surface area contributed by atoms with E-state index in [4.69, 9.17) is 10.9 Å². The van der Waals surface area contributed by atoms with Crippen LogP contribution in [0.1, 0.15) is 10.4 Å². The Kier molecular flexibility index (Phi) is 1.93. The highest BCUT2D eigenvalue weighted by Crippen LogP contribution is 2.11. The van der Waals surface area contributed by atoms with Crippen LogP contribution in [0, 0.1) is 0 Å². The Morgan fingerprint density at radius 1 is 1.33 bits per heavy atom. The van der Waals surface area contributed by atoms with Crippen LogP contribution in [-0.4, -0.2) is 15.8 Å². The van der Waals surface area contributed by atoms with Crippen LogP contribution < -0.4 is 11.4 Å². The number of para-hydroxylation sites is 1. The van der Waals surface area contributed by atoms with Crippen LogP contribution in [0.3, 0.4) is 0 Å². The maximum atomic E-state index is 11.5. The highest BCUT2D eigenvalue weighted by Gasteiger charge is 2.12. The molecule has 5 nitrogen and oxygen atoms in total. The molecule has 2 rings (SSSR count). The Balaban J connectivity index is 2.95. The van der Waals surface area contributed by atoms with Gasteiger partial charge < -0.3 is 10.9 Å². The molecule has 0 unspecified atom stereocenters. The molecule has 0 bridgehead atoms. The summed E-state index contributed by atoms with van der Waals surface area (Å²) in [5, 5.41) is 9.40. The molecule has 3 N–H and O–H groups in total. The van der Waals surface area contributed by atoms with Crippen molar-refractivity contribution in [2.45, 2.75) is 0 Å². The molecule has 1 heterocycles. The third-order valence-electron chi connectivity index (χ3n) is 2.18. The molecule has 1 aromatic carbocycles. The number of nitrogen functional groups attached to an aromatic ring is 1. The standard InChI is InChI=1S/C10H8N2O3/c11-12-8-4-2-1-3-6(8)5-7(9(12)13)10(14)15/h1-5H,11H2,(H,14,15). The second kappa shape index (κ2) is 3.13. The summed E-state index contributed by atoms with van der Waals surface area (Å²) in [5.74, 6) is 4.22. The van der Waals surface area contributed by atoms with Gasteiger partial charge in [0.25, 0.3) is 5.56 Å². The molecule has 0 saturated carbocycles. The van der Waals surface area contributed by atoms with E-state index in [9.17, 15) is 9.59 Å². The maximum Gasteiger partial charge on any atom is 0.341 e. The first-order valence-corrected chi connectivity index (χ1v) is 4.24. The summed E-state index contributed by atoms with van der Waals surface area (Å²) in [6.45, 7) is 0. The number of rotatable bonds is 1. The average Bonchev–Trinajstić information content (AvgIpc) is 2.23. The minimum absolute atomic E-state index is 0.323. The Morgan fingerprint density at radius 2 is 2.00 bits per heavy atom. The van der Waals surface area contributed by atoms with Gasteiger partial charge in [0.2, 0.25) is 0 Å². The predicted octanol–water partition coefficient (Wildman–Crippen LogP) is 0.413. The molecular formula is C10H8N2O3. The highest BCUT2D eigenvalue weighted by molar-refractivity contribution is 5.92. The zero-order chi connectivity index (χ0) is 11.0. The van der Waals surface area contributed by atoms with Gasteiger partial charge in [0.05, 0.1) is 5.52 Å². The monoisotopic (exact) mass is 204 g/mol. The highest BCUT2D eigenvalue weighted by atomic mass is 16.4. The summed E-state index contributed by atoms with van der Waals surface area (Å²) in [6, 6.07) is 8.15. The van der Waals surface area contributed by atoms with E-state index in [1.165, 1.54) is 6.07 Å². The normalized spacial score (nSPS) is 10.4. The van der Waals surface area contributed by atoms with Crippen molar-refractivity contribution in [3.8, 4) is 0 Å². The lowest BCUT2D eigenvalue weighted by Gasteiger charge is -2.05. The first kappa shape index (κ1) is 9.26. The summed E-state index contributed by atoms with van der Waals surface area (Å²) in [5.41, 5.74) is -0.523. The van der Waals surface area contributed by atoms with Gasteiger partial charge in [-0.25, -0.2) is 9.47 Å². The third kappa shape index (κ3) is 1.34. The van der Waals surface area contributed by atoms with E-state index in [1.54, 1.807) is 24.3 Å². The number of hydrogen-bond acceptors (Lipinski definition) is 3. The number of nitrogens with two attached hydrogens (primary N) is 1. The minimum atomic E-state index is -1.27. The zero-order valence-electron chi connectivity index (χ0n) is 7.68. The number of nitrogens with zero attached hydrogens (tertiary/aromatic N) is 1. The van der Waals surface area contributed by atoms with Gasteiger partial charge in [-0.1, -0.05) is 18.2 Å². The average molecular weight is 204 g/mol. The van der Waals surface area contributed by atoms with Crippen molar-refractivity contribution in [2.24, 2.45) is 0 Å². The number of aromatic nitrogens is 1. The van der Waals surface area contributed by atoms with Crippen LogP contribution in [0.25, 0.3) is 10.9 Å². The number of benzene rings is 1. The Labute approximate surface area is 84.3 Å². The van der Waals surface area contributed by atoms with E-state index in [2.05, 4.69) is 0 Å². The van der Waals surface area contributed by atoms with Crippen LogP contribution in [0.15, 0.2) is 35.1 Å². The number of hydrogen-bond donors (Lipinski definition) is 2. The first-order chi connectivity index (χ1) is 7.11. The van der Waals surface area contributed by atoms with E-state index in [0.29, 0.717) is 10.9 Å². The van der Waals surface area contributed by atoms with Crippen molar-refractivity contribution in [1.29, 1.82) is 0 Å². The van der Waals surface area contributed by atoms with Crippen molar-refractivity contribution in [3.05, 3.63) is 46.2 Å². The molecule has 0 amide bonds. The Hall–Kier alpha value is -2.30. The van der Waals surface area contributed by atoms with E-state index in [1.807, 2.05) is 0 Å². The molecule has 2 aromatic rings. The van der Waals surface area contributed by atoms with E-state index in [0.717, 1.165) is 4.68 Å². The summed E-state index contributed by atoms with van der Waals surface area (Å²) in [7, 11) is 0. The van der Waals surface area contributed by atoms with Crippen LogP contribution in [0.4, 0.5) is 0 Å². The van der Waals surface area contributed by atoms with Gasteiger partial charge >= 0.3 is 5.97 Å². The largest absolute Gasteiger partial charge is 0.477 e. The molecule has 5 heteroatoms. The van der Waals surface area contributed by atoms with Crippen molar-refractivity contribution in [2.75, 3.05) is 5.84 Å². The molecule has 0 aliphatic rings. The molecule has 0 aliphatic carbocycles. The lowest BCUT2D eigenvalue weighted by atomic mass is 10.1. The minimum Gasteiger partial charge on any atom is -0.477 e. The fraction of sp³-hybridized carbons (Fsp3) is 0. The van der Waals surface area contributed by atoms with Gasteiger partial charge in [0.1, 0.15) is 5.56 Å². The second-order valence-electron chi connectivity index (χ2n) is 3.10. The summed E-state index contributed by atoms with van der Waals surface area (Å²) in [6.07, 6.45) is 0. The predicted molar refractivity (Wildman–Crippen MR) is 55.3 cm³/mol. The summed E-state index contributed by atoms with van der Waals surface area (Å²) >= 11 is 0. The van der Waals surface area contributed by atoms with Crippen LogP contribution in [0.2, 0.25) is 0 Å². The van der Waals surface area contributed by atoms with Crippen molar-refractivity contribution in [3.63, 3.8) is 0 Å². The smallest absolute Gasteiger partial charge is 0.341 e. The second-order valence-corrected chi connectivity index (χ2v) is 3.10. The third-order valence-corrected chi connectivity index (χ3v) is 2.18. The molecule has 0 saturated heterocycles. The van der Waals surface area contributed by atoms with Gasteiger partial charge in [0, 0.05) is 5.39 Å². The van der Waals surface area contributed by atoms with Gasteiger partial charge in [-0.15, -0.1) is 0 Å². The van der Waals surface area contributed by atoms with Crippen molar-refractivity contribution in [1.82, 2.24) is 4.68 Å². The molecular weight excluding hydrogens is 196 g/mol. The fourth-order valence-corrected chi connectivity index (χ4v) is 1.44. The molecule has 0 fully saturated rings. The molecule has 15 heavy (non-hydrogen) atoms. The Morgan fingerprint density at radius 3 is 2.67 bits per heavy atom. The van der Waals surface area contributed by atoms with E-state index >= 15 is 0 Å². The number of carbonyl (C=O) groups is 1. The molecule has 0 aliphatic heterocycles. The molecule has 0 atom stereocenters. The number of carboxylic acid groups (broad SMARTS) is 1. The SMILES string of the molecule is Nn1c(=O)c(C(=O)O)cc2ccccc21. The zero-order valence-corrected chi connectivity index (χ0v) is 7.68. The molecule has 0 spiro atoms. The van der Waals surface area contributed by atoms with Gasteiger partial charge in [0.15, 0.2) is 0 Å². The number of pyridine rings is 1. The number of aromatic carboxylic acids is 1. The Bertz CT molecular complexity index is 601. The van der Waals surface area contributed by atoms with E-state index < -0.39 is 11.5 Å². The van der Waals surface area contributed by atoms with Crippen molar-refractivity contribution < 1.29 is 9.90 Å². The van der Waals surface area contributed by atoms with Gasteiger partial charge in [-0.2, -0.15) is 0 Å². The molecule has 0 radical (unpaired) electrons. The van der Waals surface area contributed by atoms with Crippen LogP contribution in [-0.2, 0) is 0 Å². The van der Waals surface area contributed by atoms with Crippen molar-refractivity contribution >= 4 is 16.9 Å². The van der Waals surface area contributed by atoms with Crippen LogP contribution in [0.5, 0.6) is 0 Å². The maximum absolute atomic E-state index is 11.5. The van der Waals surface area contributed by atoms with Gasteiger partial charge in [-0.05, 0) is 12.1 Å². The van der Waals surface area contributed by atoms with Gasteiger partial charge in [-0.3, -0.25) is 4.79 Å². The topological polar surface area (TPSA) is 85.3 Å². The molecule has 76 valence electrons. The quantitative estimate of drug-likeness (QED) is 0.659. The van der Waals surface area contributed by atoms with Crippen LogP contribution >= 0.6 is 0 Å². The summed E-state index contributed by atoms with van der Waals surface area (Å²) in [4.78, 5) is 22.2. The van der Waals surface area contributed by atoms with E-state index in [-0.39, 0.29) is 5.56 Å². The number of carboxylic acids is 1. The molecule has 1 aromatic heterocycles.